The van der Waals surface area contributed by atoms with Crippen molar-refractivity contribution in [1.82, 2.24) is 10.2 Å². The van der Waals surface area contributed by atoms with Gasteiger partial charge in [0.05, 0.1) is 11.6 Å². The van der Waals surface area contributed by atoms with Crippen LogP contribution in [0.5, 0.6) is 5.75 Å². The highest BCUT2D eigenvalue weighted by Crippen LogP contribution is 2.22. The Morgan fingerprint density at radius 2 is 2.04 bits per heavy atom. The van der Waals surface area contributed by atoms with Gasteiger partial charge in [-0.3, -0.25) is 4.99 Å². The second kappa shape index (κ2) is 9.48. The number of nitrogens with one attached hydrogen (secondary N) is 1. The van der Waals surface area contributed by atoms with Gasteiger partial charge in [-0.05, 0) is 48.6 Å². The van der Waals surface area contributed by atoms with E-state index in [4.69, 9.17) is 4.74 Å². The van der Waals surface area contributed by atoms with Crippen molar-refractivity contribution in [3.05, 3.63) is 47.3 Å². The maximum absolute atomic E-state index is 5.57. The molecule has 0 atom stereocenters. The summed E-state index contributed by atoms with van der Waals surface area (Å²) in [6, 6.07) is 12.6. The van der Waals surface area contributed by atoms with Gasteiger partial charge in [0.15, 0.2) is 5.96 Å². The Labute approximate surface area is 160 Å². The first-order valence-electron chi connectivity index (χ1n) is 9.26. The summed E-state index contributed by atoms with van der Waals surface area (Å²) in [5.41, 5.74) is 1.28. The van der Waals surface area contributed by atoms with E-state index in [-0.39, 0.29) is 0 Å². The predicted molar refractivity (Wildman–Crippen MR) is 111 cm³/mol. The fraction of sp³-hybridized carbons (Fsp3) is 0.450. The molecule has 1 aliphatic heterocycles. The molecule has 6 heteroatoms. The second-order valence-electron chi connectivity index (χ2n) is 6.23. The number of anilines is 1. The van der Waals surface area contributed by atoms with E-state index in [9.17, 15) is 0 Å². The van der Waals surface area contributed by atoms with Gasteiger partial charge in [-0.25, -0.2) is 0 Å². The normalized spacial score (nSPS) is 15.2. The molecule has 5 nitrogen and oxygen atoms in total. The minimum atomic E-state index is 0.700. The van der Waals surface area contributed by atoms with Crippen molar-refractivity contribution in [3.63, 3.8) is 0 Å². The summed E-state index contributed by atoms with van der Waals surface area (Å²) in [6.07, 6.45) is 0.953. The fourth-order valence-electron chi connectivity index (χ4n) is 3.20. The van der Waals surface area contributed by atoms with Crippen LogP contribution in [0, 0.1) is 0 Å². The molecular weight excluding hydrogens is 344 g/mol. The highest BCUT2D eigenvalue weighted by atomic mass is 32.1. The average molecular weight is 373 g/mol. The maximum atomic E-state index is 5.57. The van der Waals surface area contributed by atoms with Crippen LogP contribution in [0.4, 0.5) is 5.00 Å². The van der Waals surface area contributed by atoms with Crippen LogP contribution in [-0.2, 0) is 6.42 Å². The molecule has 0 spiro atoms. The number of piperazine rings is 1. The summed E-state index contributed by atoms with van der Waals surface area (Å²) in [4.78, 5) is 9.27. The van der Waals surface area contributed by atoms with Crippen LogP contribution in [0.1, 0.15) is 12.5 Å². The first-order chi connectivity index (χ1) is 12.8. The number of aliphatic imine (C=N–C) groups is 1. The van der Waals surface area contributed by atoms with Gasteiger partial charge in [-0.15, -0.1) is 11.3 Å². The van der Waals surface area contributed by atoms with Crippen LogP contribution in [-0.4, -0.2) is 57.2 Å². The van der Waals surface area contributed by atoms with E-state index in [1.165, 1.54) is 10.6 Å². The van der Waals surface area contributed by atoms with E-state index in [0.717, 1.165) is 50.9 Å². The standard InChI is InChI=1S/C20H28N4OS/c1-3-25-18-7-4-6-17(16-18)9-10-22-20(21-2)24-13-11-23(12-14-24)19-8-5-15-26-19/h4-8,15-16H,3,9-14H2,1-2H3,(H,21,22). The molecule has 1 fully saturated rings. The molecule has 1 aromatic heterocycles. The molecular formula is C20H28N4OS. The van der Waals surface area contributed by atoms with Gasteiger partial charge >= 0.3 is 0 Å². The molecule has 1 aromatic carbocycles. The van der Waals surface area contributed by atoms with Gasteiger partial charge in [0.25, 0.3) is 0 Å². The number of hydrogen-bond acceptors (Lipinski definition) is 4. The predicted octanol–water partition coefficient (Wildman–Crippen LogP) is 3.09. The Kier molecular flexibility index (Phi) is 6.77. The molecule has 26 heavy (non-hydrogen) atoms. The van der Waals surface area contributed by atoms with Crippen LogP contribution in [0.2, 0.25) is 0 Å². The van der Waals surface area contributed by atoms with Crippen LogP contribution in [0.3, 0.4) is 0 Å². The third kappa shape index (κ3) is 4.91. The number of guanidine groups is 1. The van der Waals surface area contributed by atoms with Crippen molar-refractivity contribution in [1.29, 1.82) is 0 Å². The lowest BCUT2D eigenvalue weighted by Gasteiger charge is -2.37. The number of rotatable bonds is 6. The van der Waals surface area contributed by atoms with Crippen LogP contribution < -0.4 is 15.0 Å². The quantitative estimate of drug-likeness (QED) is 0.625. The Balaban J connectivity index is 1.46. The average Bonchev–Trinajstić information content (AvgIpc) is 3.21. The lowest BCUT2D eigenvalue weighted by Crippen LogP contribution is -2.52. The van der Waals surface area contributed by atoms with E-state index in [1.807, 2.05) is 31.4 Å². The van der Waals surface area contributed by atoms with Gasteiger partial charge in [0, 0.05) is 39.8 Å². The Bertz CT molecular complexity index is 694. The van der Waals surface area contributed by atoms with Gasteiger partial charge in [-0.1, -0.05) is 12.1 Å². The number of hydrogen-bond donors (Lipinski definition) is 1. The lowest BCUT2D eigenvalue weighted by molar-refractivity contribution is 0.340. The minimum absolute atomic E-state index is 0.700. The molecule has 0 bridgehead atoms. The Hall–Kier alpha value is -2.21. The molecule has 0 amide bonds. The van der Waals surface area contributed by atoms with E-state index >= 15 is 0 Å². The SMILES string of the molecule is CCOc1cccc(CCNC(=NC)N2CCN(c3cccs3)CC2)c1. The molecule has 0 saturated carbocycles. The van der Waals surface area contributed by atoms with Gasteiger partial charge in [0.2, 0.25) is 0 Å². The first kappa shape index (κ1) is 18.6. The largest absolute Gasteiger partial charge is 0.494 e. The van der Waals surface area contributed by atoms with E-state index in [2.05, 4.69) is 55.8 Å². The first-order valence-corrected chi connectivity index (χ1v) is 10.1. The monoisotopic (exact) mass is 372 g/mol. The molecule has 3 rings (SSSR count). The minimum Gasteiger partial charge on any atom is -0.494 e. The molecule has 1 aliphatic rings. The van der Waals surface area contributed by atoms with Crippen LogP contribution in [0.25, 0.3) is 0 Å². The molecule has 0 radical (unpaired) electrons. The van der Waals surface area contributed by atoms with Crippen molar-refractivity contribution < 1.29 is 4.74 Å². The van der Waals surface area contributed by atoms with Crippen molar-refractivity contribution >= 4 is 22.3 Å². The smallest absolute Gasteiger partial charge is 0.193 e. The summed E-state index contributed by atoms with van der Waals surface area (Å²) in [7, 11) is 1.86. The summed E-state index contributed by atoms with van der Waals surface area (Å²) in [5, 5.41) is 7.01. The number of ether oxygens (including phenoxy) is 1. The number of benzene rings is 1. The zero-order valence-electron chi connectivity index (χ0n) is 15.6. The summed E-state index contributed by atoms with van der Waals surface area (Å²) < 4.78 is 5.57. The second-order valence-corrected chi connectivity index (χ2v) is 7.16. The molecule has 0 unspecified atom stereocenters. The zero-order valence-corrected chi connectivity index (χ0v) is 16.5. The molecule has 1 N–H and O–H groups in total. The van der Waals surface area contributed by atoms with E-state index in [1.54, 1.807) is 0 Å². The number of thiophene rings is 1. The lowest BCUT2D eigenvalue weighted by atomic mass is 10.1. The molecule has 2 heterocycles. The molecule has 0 aliphatic carbocycles. The fourth-order valence-corrected chi connectivity index (χ4v) is 3.98. The molecule has 1 saturated heterocycles. The highest BCUT2D eigenvalue weighted by Gasteiger charge is 2.20. The van der Waals surface area contributed by atoms with Gasteiger partial charge in [-0.2, -0.15) is 0 Å². The van der Waals surface area contributed by atoms with Crippen molar-refractivity contribution in [3.8, 4) is 5.75 Å². The van der Waals surface area contributed by atoms with Crippen LogP contribution >= 0.6 is 11.3 Å². The molecule has 140 valence electrons. The maximum Gasteiger partial charge on any atom is 0.193 e. The van der Waals surface area contributed by atoms with E-state index < -0.39 is 0 Å². The summed E-state index contributed by atoms with van der Waals surface area (Å²) >= 11 is 1.81. The van der Waals surface area contributed by atoms with Crippen LogP contribution in [0.15, 0.2) is 46.8 Å². The number of nitrogens with zero attached hydrogens (tertiary/aromatic N) is 3. The third-order valence-electron chi connectivity index (χ3n) is 4.52. The topological polar surface area (TPSA) is 40.1 Å². The Morgan fingerprint density at radius 1 is 1.19 bits per heavy atom. The van der Waals surface area contributed by atoms with E-state index in [0.29, 0.717) is 6.61 Å². The van der Waals surface area contributed by atoms with Crippen molar-refractivity contribution in [2.75, 3.05) is 51.3 Å². The third-order valence-corrected chi connectivity index (χ3v) is 5.44. The van der Waals surface area contributed by atoms with Gasteiger partial charge in [0.1, 0.15) is 5.75 Å². The van der Waals surface area contributed by atoms with Gasteiger partial charge < -0.3 is 19.9 Å². The summed E-state index contributed by atoms with van der Waals surface area (Å²) in [6.45, 7) is 7.65. The van der Waals surface area contributed by atoms with Crippen molar-refractivity contribution in [2.45, 2.75) is 13.3 Å². The highest BCUT2D eigenvalue weighted by molar-refractivity contribution is 7.14. The van der Waals surface area contributed by atoms with Crippen molar-refractivity contribution in [2.24, 2.45) is 4.99 Å². The Morgan fingerprint density at radius 3 is 2.73 bits per heavy atom. The zero-order chi connectivity index (χ0) is 18.2. The summed E-state index contributed by atoms with van der Waals surface area (Å²) in [5.74, 6) is 1.94. The molecule has 2 aromatic rings.